The lowest BCUT2D eigenvalue weighted by Crippen LogP contribution is -2.22. The first-order valence-electron chi connectivity index (χ1n) is 6.84. The topological polar surface area (TPSA) is 38.3 Å². The average molecular weight is 271 g/mol. The van der Waals surface area contributed by atoms with E-state index in [1.165, 1.54) is 27.5 Å². The zero-order valence-corrected chi connectivity index (χ0v) is 12.5. The summed E-state index contributed by atoms with van der Waals surface area (Å²) in [6.07, 6.45) is 0.822. The number of methoxy groups -OCH3 is 1. The van der Waals surface area contributed by atoms with Gasteiger partial charge in [-0.3, -0.25) is 4.79 Å². The summed E-state index contributed by atoms with van der Waals surface area (Å²) < 4.78 is 5.37. The molecular weight excluding hydrogens is 250 g/mol. The number of nitrogens with one attached hydrogen (secondary N) is 1. The van der Waals surface area contributed by atoms with Gasteiger partial charge in [-0.25, -0.2) is 0 Å². The van der Waals surface area contributed by atoms with Gasteiger partial charge in [0.2, 0.25) is 5.91 Å². The number of rotatable bonds is 4. The van der Waals surface area contributed by atoms with Crippen molar-refractivity contribution in [1.29, 1.82) is 0 Å². The maximum absolute atomic E-state index is 11.0. The molecule has 3 heteroatoms. The fourth-order valence-corrected chi connectivity index (χ4v) is 2.64. The van der Waals surface area contributed by atoms with Crippen molar-refractivity contribution in [2.24, 2.45) is 0 Å². The molecule has 0 aliphatic rings. The van der Waals surface area contributed by atoms with E-state index in [0.717, 1.165) is 12.2 Å². The summed E-state index contributed by atoms with van der Waals surface area (Å²) in [5.74, 6) is 0.886. The molecule has 0 heterocycles. The Balaban J connectivity index is 2.46. The van der Waals surface area contributed by atoms with Crippen LogP contribution < -0.4 is 10.1 Å². The Hall–Kier alpha value is -2.03. The molecule has 2 aromatic rings. The molecule has 0 aliphatic heterocycles. The van der Waals surface area contributed by atoms with Crippen molar-refractivity contribution >= 4 is 16.7 Å². The molecule has 0 saturated heterocycles. The van der Waals surface area contributed by atoms with Crippen LogP contribution in [0.5, 0.6) is 5.75 Å². The standard InChI is InChI=1S/C17H21NO2/c1-11-5-6-14(7-8-18-13(3)19)16-10-15(20-4)9-12(2)17(11)16/h5-6,9-10H,7-8H2,1-4H3,(H,18,19). The minimum Gasteiger partial charge on any atom is -0.497 e. The maximum Gasteiger partial charge on any atom is 0.216 e. The summed E-state index contributed by atoms with van der Waals surface area (Å²) in [6, 6.07) is 8.43. The molecule has 3 nitrogen and oxygen atoms in total. The zero-order valence-electron chi connectivity index (χ0n) is 12.5. The third-order valence-corrected chi connectivity index (χ3v) is 3.59. The minimum atomic E-state index is 0.00942. The summed E-state index contributed by atoms with van der Waals surface area (Å²) in [7, 11) is 1.69. The molecule has 0 spiro atoms. The summed E-state index contributed by atoms with van der Waals surface area (Å²) in [5.41, 5.74) is 3.73. The number of carbonyl (C=O) groups is 1. The molecule has 2 aromatic carbocycles. The Morgan fingerprint density at radius 2 is 1.95 bits per heavy atom. The van der Waals surface area contributed by atoms with Gasteiger partial charge in [-0.05, 0) is 59.9 Å². The van der Waals surface area contributed by atoms with Gasteiger partial charge in [0.05, 0.1) is 7.11 Å². The highest BCUT2D eigenvalue weighted by molar-refractivity contribution is 5.92. The first kappa shape index (κ1) is 14.4. The Bertz CT molecular complexity index is 647. The van der Waals surface area contributed by atoms with E-state index in [9.17, 15) is 4.79 Å². The first-order chi connectivity index (χ1) is 9.52. The predicted molar refractivity (Wildman–Crippen MR) is 82.4 cm³/mol. The van der Waals surface area contributed by atoms with Crippen molar-refractivity contribution < 1.29 is 9.53 Å². The number of carbonyl (C=O) groups excluding carboxylic acids is 1. The van der Waals surface area contributed by atoms with E-state index in [0.29, 0.717) is 6.54 Å². The average Bonchev–Trinajstić information content (AvgIpc) is 2.40. The van der Waals surface area contributed by atoms with Crippen LogP contribution in [0.2, 0.25) is 0 Å². The predicted octanol–water partition coefficient (Wildman–Crippen LogP) is 3.14. The lowest BCUT2D eigenvalue weighted by Gasteiger charge is -2.13. The number of hydrogen-bond acceptors (Lipinski definition) is 2. The van der Waals surface area contributed by atoms with Crippen LogP contribution in [0.3, 0.4) is 0 Å². The molecule has 0 atom stereocenters. The maximum atomic E-state index is 11.0. The molecule has 2 rings (SSSR count). The summed E-state index contributed by atoms with van der Waals surface area (Å²) >= 11 is 0. The van der Waals surface area contributed by atoms with Crippen molar-refractivity contribution in [3.05, 3.63) is 41.0 Å². The second-order valence-corrected chi connectivity index (χ2v) is 5.14. The van der Waals surface area contributed by atoms with Gasteiger partial charge < -0.3 is 10.1 Å². The second kappa shape index (κ2) is 5.95. The van der Waals surface area contributed by atoms with Gasteiger partial charge in [0.25, 0.3) is 0 Å². The fraction of sp³-hybridized carbons (Fsp3) is 0.353. The van der Waals surface area contributed by atoms with Crippen molar-refractivity contribution in [1.82, 2.24) is 5.32 Å². The molecule has 0 unspecified atom stereocenters. The highest BCUT2D eigenvalue weighted by Gasteiger charge is 2.08. The highest BCUT2D eigenvalue weighted by Crippen LogP contribution is 2.30. The van der Waals surface area contributed by atoms with Gasteiger partial charge in [-0.2, -0.15) is 0 Å². The van der Waals surface area contributed by atoms with Gasteiger partial charge >= 0.3 is 0 Å². The number of benzene rings is 2. The Morgan fingerprint density at radius 1 is 1.20 bits per heavy atom. The lowest BCUT2D eigenvalue weighted by molar-refractivity contribution is -0.118. The van der Waals surface area contributed by atoms with Gasteiger partial charge in [0.15, 0.2) is 0 Å². The fourth-order valence-electron chi connectivity index (χ4n) is 2.64. The van der Waals surface area contributed by atoms with E-state index in [2.05, 4.69) is 43.4 Å². The molecular formula is C17H21NO2. The number of amides is 1. The van der Waals surface area contributed by atoms with Crippen LogP contribution in [0.1, 0.15) is 23.6 Å². The molecule has 1 amide bonds. The van der Waals surface area contributed by atoms with E-state index in [4.69, 9.17) is 4.74 Å². The van der Waals surface area contributed by atoms with Crippen LogP contribution in [0.15, 0.2) is 24.3 Å². The zero-order chi connectivity index (χ0) is 14.7. The molecule has 1 N–H and O–H groups in total. The van der Waals surface area contributed by atoms with Crippen molar-refractivity contribution in [3.8, 4) is 5.75 Å². The molecule has 0 radical (unpaired) electrons. The van der Waals surface area contributed by atoms with E-state index in [-0.39, 0.29) is 5.91 Å². The molecule has 106 valence electrons. The summed E-state index contributed by atoms with van der Waals surface area (Å²) in [6.45, 7) is 6.43. The van der Waals surface area contributed by atoms with Gasteiger partial charge in [-0.15, -0.1) is 0 Å². The lowest BCUT2D eigenvalue weighted by atomic mass is 9.95. The number of aryl methyl sites for hydroxylation is 2. The van der Waals surface area contributed by atoms with Gasteiger partial charge in [0, 0.05) is 13.5 Å². The largest absolute Gasteiger partial charge is 0.497 e. The van der Waals surface area contributed by atoms with Gasteiger partial charge in [-0.1, -0.05) is 12.1 Å². The number of hydrogen-bond donors (Lipinski definition) is 1. The molecule has 0 aliphatic carbocycles. The monoisotopic (exact) mass is 271 g/mol. The van der Waals surface area contributed by atoms with Crippen LogP contribution in [0, 0.1) is 13.8 Å². The van der Waals surface area contributed by atoms with E-state index in [1.807, 2.05) is 0 Å². The smallest absolute Gasteiger partial charge is 0.216 e. The highest BCUT2D eigenvalue weighted by atomic mass is 16.5. The summed E-state index contributed by atoms with van der Waals surface area (Å²) in [5, 5.41) is 5.34. The minimum absolute atomic E-state index is 0.00942. The van der Waals surface area contributed by atoms with Crippen molar-refractivity contribution in [2.75, 3.05) is 13.7 Å². The summed E-state index contributed by atoms with van der Waals surface area (Å²) in [4.78, 5) is 11.0. The molecule has 0 fully saturated rings. The SMILES string of the molecule is COc1cc(C)c2c(C)ccc(CCNC(C)=O)c2c1. The van der Waals surface area contributed by atoms with Crippen LogP contribution >= 0.6 is 0 Å². The van der Waals surface area contributed by atoms with Crippen LogP contribution in [0.4, 0.5) is 0 Å². The van der Waals surface area contributed by atoms with E-state index in [1.54, 1.807) is 14.0 Å². The molecule has 0 bridgehead atoms. The molecule has 0 saturated carbocycles. The van der Waals surface area contributed by atoms with Crippen LogP contribution in [0.25, 0.3) is 10.8 Å². The number of ether oxygens (including phenoxy) is 1. The quantitative estimate of drug-likeness (QED) is 0.927. The third kappa shape index (κ3) is 2.93. The molecule has 0 aromatic heterocycles. The second-order valence-electron chi connectivity index (χ2n) is 5.14. The Morgan fingerprint density at radius 3 is 2.60 bits per heavy atom. The number of fused-ring (bicyclic) bond motifs is 1. The van der Waals surface area contributed by atoms with E-state index < -0.39 is 0 Å². The van der Waals surface area contributed by atoms with Crippen molar-refractivity contribution in [2.45, 2.75) is 27.2 Å². The third-order valence-electron chi connectivity index (χ3n) is 3.59. The van der Waals surface area contributed by atoms with Crippen molar-refractivity contribution in [3.63, 3.8) is 0 Å². The van der Waals surface area contributed by atoms with Crippen LogP contribution in [-0.2, 0) is 11.2 Å². The Labute approximate surface area is 119 Å². The van der Waals surface area contributed by atoms with Gasteiger partial charge in [0.1, 0.15) is 5.75 Å². The first-order valence-corrected chi connectivity index (χ1v) is 6.84. The molecule has 20 heavy (non-hydrogen) atoms. The Kier molecular flexibility index (Phi) is 4.28. The van der Waals surface area contributed by atoms with E-state index >= 15 is 0 Å². The normalized spacial score (nSPS) is 10.6. The van der Waals surface area contributed by atoms with Crippen LogP contribution in [-0.4, -0.2) is 19.6 Å².